The maximum absolute atomic E-state index is 12.0. The van der Waals surface area contributed by atoms with E-state index < -0.39 is 11.9 Å². The number of carbonyl (C=O) groups excluding carboxylic acids is 2. The molecule has 0 aliphatic heterocycles. The number of carboxylic acid groups (broad SMARTS) is 1. The summed E-state index contributed by atoms with van der Waals surface area (Å²) in [5.74, 6) is -1.39. The first-order valence-corrected chi connectivity index (χ1v) is 8.48. The highest BCUT2D eigenvalue weighted by Crippen LogP contribution is 2.27. The SMILES string of the molecule is CC(CN(C)C(=O)NCc1cccc(NC(=O)C2CCC2)c1)C(=O)O. The smallest absolute Gasteiger partial charge is 0.317 e. The van der Waals surface area contributed by atoms with E-state index in [2.05, 4.69) is 10.6 Å². The van der Waals surface area contributed by atoms with Crippen LogP contribution in [0.2, 0.25) is 0 Å². The van der Waals surface area contributed by atoms with Gasteiger partial charge in [-0.15, -0.1) is 0 Å². The topological polar surface area (TPSA) is 98.7 Å². The van der Waals surface area contributed by atoms with E-state index in [1.807, 2.05) is 24.3 Å². The van der Waals surface area contributed by atoms with E-state index in [0.717, 1.165) is 30.5 Å². The number of anilines is 1. The minimum Gasteiger partial charge on any atom is -0.481 e. The molecule has 1 saturated carbocycles. The second kappa shape index (κ2) is 8.50. The molecule has 0 bridgehead atoms. The van der Waals surface area contributed by atoms with Crippen LogP contribution in [0.3, 0.4) is 0 Å². The summed E-state index contributed by atoms with van der Waals surface area (Å²) in [6.07, 6.45) is 3.00. The summed E-state index contributed by atoms with van der Waals surface area (Å²) in [4.78, 5) is 36.2. The minimum atomic E-state index is -0.936. The number of rotatable bonds is 7. The van der Waals surface area contributed by atoms with Crippen molar-refractivity contribution in [1.82, 2.24) is 10.2 Å². The maximum Gasteiger partial charge on any atom is 0.317 e. The zero-order valence-electron chi connectivity index (χ0n) is 14.6. The predicted octanol–water partition coefficient (Wildman–Crippen LogP) is 2.29. The molecular formula is C18H25N3O4. The van der Waals surface area contributed by atoms with Crippen LogP contribution in [0.1, 0.15) is 31.7 Å². The zero-order chi connectivity index (χ0) is 18.4. The predicted molar refractivity (Wildman–Crippen MR) is 94.1 cm³/mol. The van der Waals surface area contributed by atoms with E-state index in [1.165, 1.54) is 4.90 Å². The van der Waals surface area contributed by atoms with Gasteiger partial charge in [-0.25, -0.2) is 4.79 Å². The van der Waals surface area contributed by atoms with Crippen LogP contribution in [0.4, 0.5) is 10.5 Å². The van der Waals surface area contributed by atoms with Gasteiger partial charge in [0.05, 0.1) is 5.92 Å². The van der Waals surface area contributed by atoms with Crippen LogP contribution < -0.4 is 10.6 Å². The third-order valence-electron chi connectivity index (χ3n) is 4.43. The van der Waals surface area contributed by atoms with E-state index in [-0.39, 0.29) is 24.4 Å². The van der Waals surface area contributed by atoms with Gasteiger partial charge in [-0.3, -0.25) is 9.59 Å². The molecule has 1 unspecified atom stereocenters. The Morgan fingerprint density at radius 3 is 2.64 bits per heavy atom. The highest BCUT2D eigenvalue weighted by molar-refractivity contribution is 5.93. The molecule has 0 aromatic heterocycles. The Bertz CT molecular complexity index is 643. The standard InChI is InChI=1S/C18H25N3O4/c1-12(17(23)24)11-21(2)18(25)19-10-13-5-3-8-15(9-13)20-16(22)14-6-4-7-14/h3,5,8-9,12,14H,4,6-7,10-11H2,1-2H3,(H,19,25)(H,20,22)(H,23,24). The summed E-state index contributed by atoms with van der Waals surface area (Å²) in [6.45, 7) is 2.00. The second-order valence-corrected chi connectivity index (χ2v) is 6.60. The Morgan fingerprint density at radius 1 is 1.32 bits per heavy atom. The molecule has 0 radical (unpaired) electrons. The molecule has 0 saturated heterocycles. The number of amides is 3. The van der Waals surface area contributed by atoms with Crippen molar-refractivity contribution < 1.29 is 19.5 Å². The Balaban J connectivity index is 1.83. The summed E-state index contributed by atoms with van der Waals surface area (Å²) in [6, 6.07) is 7.00. The van der Waals surface area contributed by atoms with Gasteiger partial charge in [-0.2, -0.15) is 0 Å². The molecule has 1 fully saturated rings. The zero-order valence-corrected chi connectivity index (χ0v) is 14.6. The first-order valence-electron chi connectivity index (χ1n) is 8.48. The number of nitrogens with zero attached hydrogens (tertiary/aromatic N) is 1. The van der Waals surface area contributed by atoms with Crippen molar-refractivity contribution in [2.45, 2.75) is 32.7 Å². The largest absolute Gasteiger partial charge is 0.481 e. The van der Waals surface area contributed by atoms with E-state index in [4.69, 9.17) is 5.11 Å². The number of aliphatic carboxylic acids is 1. The fourth-order valence-electron chi connectivity index (χ4n) is 2.56. The molecule has 25 heavy (non-hydrogen) atoms. The number of nitrogens with one attached hydrogen (secondary N) is 2. The van der Waals surface area contributed by atoms with Gasteiger partial charge in [-0.1, -0.05) is 25.5 Å². The summed E-state index contributed by atoms with van der Waals surface area (Å²) in [5.41, 5.74) is 1.58. The first kappa shape index (κ1) is 18.8. The molecule has 1 aromatic rings. The van der Waals surface area contributed by atoms with Crippen molar-refractivity contribution in [2.75, 3.05) is 18.9 Å². The molecule has 2 rings (SSSR count). The second-order valence-electron chi connectivity index (χ2n) is 6.60. The van der Waals surface area contributed by atoms with Gasteiger partial charge in [0.15, 0.2) is 0 Å². The van der Waals surface area contributed by atoms with Crippen LogP contribution >= 0.6 is 0 Å². The fraction of sp³-hybridized carbons (Fsp3) is 0.500. The summed E-state index contributed by atoms with van der Waals surface area (Å²) in [7, 11) is 1.56. The Labute approximate surface area is 147 Å². The van der Waals surface area contributed by atoms with Crippen molar-refractivity contribution >= 4 is 23.6 Å². The van der Waals surface area contributed by atoms with Crippen LogP contribution in [0.15, 0.2) is 24.3 Å². The first-order chi connectivity index (χ1) is 11.9. The molecular weight excluding hydrogens is 322 g/mol. The number of benzene rings is 1. The van der Waals surface area contributed by atoms with Crippen molar-refractivity contribution in [3.05, 3.63) is 29.8 Å². The molecule has 1 aromatic carbocycles. The molecule has 3 N–H and O–H groups in total. The number of hydrogen-bond acceptors (Lipinski definition) is 3. The number of carboxylic acids is 1. The third-order valence-corrected chi connectivity index (χ3v) is 4.43. The molecule has 3 amide bonds. The lowest BCUT2D eigenvalue weighted by Crippen LogP contribution is -2.40. The minimum absolute atomic E-state index is 0.0508. The van der Waals surface area contributed by atoms with Crippen molar-refractivity contribution in [3.8, 4) is 0 Å². The summed E-state index contributed by atoms with van der Waals surface area (Å²) >= 11 is 0. The molecule has 7 heteroatoms. The Kier molecular flexibility index (Phi) is 6.38. The van der Waals surface area contributed by atoms with Gasteiger partial charge < -0.3 is 20.6 Å². The normalized spacial score (nSPS) is 15.0. The van der Waals surface area contributed by atoms with Crippen LogP contribution in [0, 0.1) is 11.8 Å². The lowest BCUT2D eigenvalue weighted by molar-refractivity contribution is -0.141. The van der Waals surface area contributed by atoms with E-state index >= 15 is 0 Å². The lowest BCUT2D eigenvalue weighted by Gasteiger charge is -2.24. The van der Waals surface area contributed by atoms with Crippen molar-refractivity contribution in [1.29, 1.82) is 0 Å². The van der Waals surface area contributed by atoms with E-state index in [1.54, 1.807) is 14.0 Å². The molecule has 0 spiro atoms. The van der Waals surface area contributed by atoms with Gasteiger partial charge >= 0.3 is 12.0 Å². The van der Waals surface area contributed by atoms with Crippen LogP contribution in [0.25, 0.3) is 0 Å². The molecule has 7 nitrogen and oxygen atoms in total. The maximum atomic E-state index is 12.0. The monoisotopic (exact) mass is 347 g/mol. The van der Waals surface area contributed by atoms with Crippen LogP contribution in [-0.4, -0.2) is 41.5 Å². The van der Waals surface area contributed by atoms with Crippen LogP contribution in [-0.2, 0) is 16.1 Å². The number of urea groups is 1. The quantitative estimate of drug-likeness (QED) is 0.705. The van der Waals surface area contributed by atoms with Gasteiger partial charge in [-0.05, 0) is 30.5 Å². The Morgan fingerprint density at radius 2 is 2.04 bits per heavy atom. The average Bonchev–Trinajstić information content (AvgIpc) is 2.50. The Hall–Kier alpha value is -2.57. The number of carbonyl (C=O) groups is 3. The van der Waals surface area contributed by atoms with Gasteiger partial charge in [0, 0.05) is 31.7 Å². The highest BCUT2D eigenvalue weighted by atomic mass is 16.4. The van der Waals surface area contributed by atoms with Crippen LogP contribution in [0.5, 0.6) is 0 Å². The van der Waals surface area contributed by atoms with Gasteiger partial charge in [0.2, 0.25) is 5.91 Å². The van der Waals surface area contributed by atoms with Gasteiger partial charge in [0.1, 0.15) is 0 Å². The summed E-state index contributed by atoms with van der Waals surface area (Å²) in [5, 5.41) is 14.5. The summed E-state index contributed by atoms with van der Waals surface area (Å²) < 4.78 is 0. The third kappa shape index (κ3) is 5.48. The van der Waals surface area contributed by atoms with Gasteiger partial charge in [0.25, 0.3) is 0 Å². The highest BCUT2D eigenvalue weighted by Gasteiger charge is 2.25. The molecule has 1 aliphatic rings. The molecule has 136 valence electrons. The van der Waals surface area contributed by atoms with E-state index in [0.29, 0.717) is 6.54 Å². The van der Waals surface area contributed by atoms with Crippen molar-refractivity contribution in [3.63, 3.8) is 0 Å². The average molecular weight is 347 g/mol. The van der Waals surface area contributed by atoms with E-state index in [9.17, 15) is 14.4 Å². The molecule has 1 atom stereocenters. The number of hydrogen-bond donors (Lipinski definition) is 3. The molecule has 1 aliphatic carbocycles. The van der Waals surface area contributed by atoms with Crippen molar-refractivity contribution in [2.24, 2.45) is 11.8 Å². The molecule has 0 heterocycles. The lowest BCUT2D eigenvalue weighted by atomic mass is 9.85. The fourth-order valence-corrected chi connectivity index (χ4v) is 2.56.